The van der Waals surface area contributed by atoms with Gasteiger partial charge in [0, 0.05) is 25.3 Å². The summed E-state index contributed by atoms with van der Waals surface area (Å²) in [7, 11) is 5.47. The zero-order chi connectivity index (χ0) is 24.0. The molecule has 0 aliphatic heterocycles. The van der Waals surface area contributed by atoms with Gasteiger partial charge >= 0.3 is 0 Å². The van der Waals surface area contributed by atoms with Gasteiger partial charge in [0.15, 0.2) is 0 Å². The smallest absolute Gasteiger partial charge is 0.255 e. The molecular weight excluding hydrogens is 438 g/mol. The summed E-state index contributed by atoms with van der Waals surface area (Å²) in [6, 6.07) is 14.1. The lowest BCUT2D eigenvalue weighted by Crippen LogP contribution is -2.47. The summed E-state index contributed by atoms with van der Waals surface area (Å²) in [6.45, 7) is 3.89. The van der Waals surface area contributed by atoms with Crippen LogP contribution < -0.4 is 20.3 Å². The third-order valence-corrected chi connectivity index (χ3v) is 6.31. The molecule has 33 heavy (non-hydrogen) atoms. The first-order valence-corrected chi connectivity index (χ1v) is 11.5. The van der Waals surface area contributed by atoms with Crippen LogP contribution in [0.1, 0.15) is 30.6 Å². The summed E-state index contributed by atoms with van der Waals surface area (Å²) in [5, 5.41) is 15.1. The first-order chi connectivity index (χ1) is 15.8. The van der Waals surface area contributed by atoms with Crippen molar-refractivity contribution in [2.24, 2.45) is 5.92 Å². The van der Waals surface area contributed by atoms with Crippen LogP contribution in [0.15, 0.2) is 48.5 Å². The van der Waals surface area contributed by atoms with E-state index in [0.717, 1.165) is 11.3 Å². The Balaban J connectivity index is 1.73. The normalized spacial score (nSPS) is 12.5. The van der Waals surface area contributed by atoms with Gasteiger partial charge in [-0.2, -0.15) is 0 Å². The van der Waals surface area contributed by atoms with Gasteiger partial charge in [-0.1, -0.05) is 43.7 Å². The highest BCUT2D eigenvalue weighted by Crippen LogP contribution is 2.28. The number of methoxy groups -OCH3 is 1. The number of carbonyl (C=O) groups excluding carboxylic acids is 2. The van der Waals surface area contributed by atoms with Gasteiger partial charge in [0.1, 0.15) is 16.8 Å². The van der Waals surface area contributed by atoms with Crippen LogP contribution in [0.2, 0.25) is 0 Å². The molecule has 3 rings (SSSR count). The molecule has 0 saturated carbocycles. The SMILES string of the molecule is CCC(C)C(NC(=O)c1ccccc1OC)C(=O)Nc1nnc(-c2ccc(N(C)C)cc2)s1. The number of nitrogens with zero attached hydrogens (tertiary/aromatic N) is 3. The summed E-state index contributed by atoms with van der Waals surface area (Å²) in [6.07, 6.45) is 0.712. The highest BCUT2D eigenvalue weighted by Gasteiger charge is 2.28. The van der Waals surface area contributed by atoms with E-state index in [9.17, 15) is 9.59 Å². The van der Waals surface area contributed by atoms with Crippen LogP contribution in [0.5, 0.6) is 5.75 Å². The van der Waals surface area contributed by atoms with Crippen molar-refractivity contribution in [3.63, 3.8) is 0 Å². The Hall–Kier alpha value is -3.46. The van der Waals surface area contributed by atoms with Gasteiger partial charge in [-0.25, -0.2) is 0 Å². The van der Waals surface area contributed by atoms with Crippen molar-refractivity contribution < 1.29 is 14.3 Å². The number of amides is 2. The second-order valence-electron chi connectivity index (χ2n) is 7.88. The maximum atomic E-state index is 13.1. The van der Waals surface area contributed by atoms with Crippen LogP contribution in [0, 0.1) is 5.92 Å². The topological polar surface area (TPSA) is 96.4 Å². The highest BCUT2D eigenvalue weighted by molar-refractivity contribution is 7.18. The fraction of sp³-hybridized carbons (Fsp3) is 0.333. The van der Waals surface area contributed by atoms with E-state index in [1.807, 2.05) is 57.1 Å². The lowest BCUT2D eigenvalue weighted by Gasteiger charge is -2.23. The van der Waals surface area contributed by atoms with Crippen molar-refractivity contribution in [3.8, 4) is 16.3 Å². The second kappa shape index (κ2) is 10.9. The molecule has 2 atom stereocenters. The molecule has 0 fully saturated rings. The Morgan fingerprint density at radius 3 is 2.42 bits per heavy atom. The van der Waals surface area contributed by atoms with Gasteiger partial charge in [0.25, 0.3) is 5.91 Å². The van der Waals surface area contributed by atoms with Crippen molar-refractivity contribution >= 4 is 34.0 Å². The van der Waals surface area contributed by atoms with Crippen molar-refractivity contribution in [3.05, 3.63) is 54.1 Å². The summed E-state index contributed by atoms with van der Waals surface area (Å²) in [5.41, 5.74) is 2.38. The molecule has 0 spiro atoms. The fourth-order valence-electron chi connectivity index (χ4n) is 3.23. The number of carbonyl (C=O) groups is 2. The number of hydrogen-bond acceptors (Lipinski definition) is 7. The molecule has 2 amide bonds. The monoisotopic (exact) mass is 467 g/mol. The summed E-state index contributed by atoms with van der Waals surface area (Å²) < 4.78 is 5.28. The number of benzene rings is 2. The molecule has 9 heteroatoms. The van der Waals surface area contributed by atoms with Gasteiger partial charge in [-0.15, -0.1) is 10.2 Å². The van der Waals surface area contributed by atoms with Crippen LogP contribution in [-0.4, -0.2) is 49.3 Å². The lowest BCUT2D eigenvalue weighted by molar-refractivity contribution is -0.119. The van der Waals surface area contributed by atoms with Crippen LogP contribution in [0.25, 0.3) is 10.6 Å². The first kappa shape index (κ1) is 24.2. The van der Waals surface area contributed by atoms with E-state index < -0.39 is 6.04 Å². The number of aromatic nitrogens is 2. The van der Waals surface area contributed by atoms with E-state index in [4.69, 9.17) is 4.74 Å². The molecule has 2 N–H and O–H groups in total. The van der Waals surface area contributed by atoms with Gasteiger partial charge in [-0.05, 0) is 42.3 Å². The van der Waals surface area contributed by atoms with E-state index in [-0.39, 0.29) is 17.7 Å². The molecular formula is C24H29N5O3S. The number of rotatable bonds is 9. The van der Waals surface area contributed by atoms with E-state index in [0.29, 0.717) is 27.9 Å². The fourth-order valence-corrected chi connectivity index (χ4v) is 3.98. The summed E-state index contributed by atoms with van der Waals surface area (Å²) >= 11 is 1.29. The molecule has 1 aromatic heterocycles. The molecule has 3 aromatic rings. The van der Waals surface area contributed by atoms with E-state index >= 15 is 0 Å². The third-order valence-electron chi connectivity index (χ3n) is 5.42. The Morgan fingerprint density at radius 1 is 1.09 bits per heavy atom. The molecule has 0 aliphatic carbocycles. The van der Waals surface area contributed by atoms with Gasteiger partial charge in [0.2, 0.25) is 11.0 Å². The number of ether oxygens (including phenoxy) is 1. The van der Waals surface area contributed by atoms with Crippen molar-refractivity contribution in [2.75, 3.05) is 31.4 Å². The van der Waals surface area contributed by atoms with E-state index in [1.165, 1.54) is 18.4 Å². The Kier molecular flexibility index (Phi) is 8.00. The van der Waals surface area contributed by atoms with E-state index in [2.05, 4.69) is 20.8 Å². The molecule has 2 aromatic carbocycles. The average Bonchev–Trinajstić information content (AvgIpc) is 3.30. The Morgan fingerprint density at radius 2 is 1.79 bits per heavy atom. The molecule has 174 valence electrons. The maximum Gasteiger partial charge on any atom is 0.255 e. The predicted octanol–water partition coefficient (Wildman–Crippen LogP) is 4.06. The minimum atomic E-state index is -0.737. The molecule has 0 saturated heterocycles. The molecule has 1 heterocycles. The zero-order valence-electron chi connectivity index (χ0n) is 19.5. The standard InChI is InChI=1S/C24H29N5O3S/c1-6-15(2)20(25-21(30)18-9-7-8-10-19(18)32-5)22(31)26-24-28-27-23(33-24)16-11-13-17(14-12-16)29(3)4/h7-15,20H,6H2,1-5H3,(H,25,30)(H,26,28,31). The maximum absolute atomic E-state index is 13.1. The van der Waals surface area contributed by atoms with Crippen LogP contribution in [0.4, 0.5) is 10.8 Å². The average molecular weight is 468 g/mol. The molecule has 0 radical (unpaired) electrons. The molecule has 2 unspecified atom stereocenters. The van der Waals surface area contributed by atoms with E-state index in [1.54, 1.807) is 24.3 Å². The van der Waals surface area contributed by atoms with Gasteiger partial charge in [0.05, 0.1) is 12.7 Å². The summed E-state index contributed by atoms with van der Waals surface area (Å²) in [5.74, 6) is -0.341. The van der Waals surface area contributed by atoms with Crippen molar-refractivity contribution in [1.29, 1.82) is 0 Å². The predicted molar refractivity (Wildman–Crippen MR) is 132 cm³/mol. The van der Waals surface area contributed by atoms with Crippen molar-refractivity contribution in [2.45, 2.75) is 26.3 Å². The lowest BCUT2D eigenvalue weighted by atomic mass is 9.98. The molecule has 8 nitrogen and oxygen atoms in total. The first-order valence-electron chi connectivity index (χ1n) is 10.7. The van der Waals surface area contributed by atoms with Crippen LogP contribution >= 0.6 is 11.3 Å². The van der Waals surface area contributed by atoms with Crippen LogP contribution in [-0.2, 0) is 4.79 Å². The second-order valence-corrected chi connectivity index (χ2v) is 8.86. The minimum Gasteiger partial charge on any atom is -0.496 e. The number of para-hydroxylation sites is 1. The van der Waals surface area contributed by atoms with Crippen LogP contribution in [0.3, 0.4) is 0 Å². The minimum absolute atomic E-state index is 0.0883. The largest absolute Gasteiger partial charge is 0.496 e. The Labute approximate surface area is 198 Å². The zero-order valence-corrected chi connectivity index (χ0v) is 20.3. The number of anilines is 2. The molecule has 0 aliphatic rings. The highest BCUT2D eigenvalue weighted by atomic mass is 32.1. The number of nitrogens with one attached hydrogen (secondary N) is 2. The Bertz CT molecular complexity index is 1100. The number of hydrogen-bond donors (Lipinski definition) is 2. The summed E-state index contributed by atoms with van der Waals surface area (Å²) in [4.78, 5) is 28.0. The third kappa shape index (κ3) is 5.87. The van der Waals surface area contributed by atoms with Crippen molar-refractivity contribution in [1.82, 2.24) is 15.5 Å². The van der Waals surface area contributed by atoms with Gasteiger partial charge in [-0.3, -0.25) is 14.9 Å². The van der Waals surface area contributed by atoms with Gasteiger partial charge < -0.3 is 15.0 Å². The quantitative estimate of drug-likeness (QED) is 0.493. The molecule has 0 bridgehead atoms.